The first-order valence-electron chi connectivity index (χ1n) is 7.56. The molecule has 2 rings (SSSR count). The number of nitrogens with two attached hydrogens (primary N) is 1. The van der Waals surface area contributed by atoms with Crippen molar-refractivity contribution >= 4 is 53.7 Å². The summed E-state index contributed by atoms with van der Waals surface area (Å²) < 4.78 is 0. The fraction of sp³-hybridized carbons (Fsp3) is 0.412. The van der Waals surface area contributed by atoms with Gasteiger partial charge in [-0.3, -0.25) is 4.79 Å². The molecule has 0 spiro atoms. The Kier molecular flexibility index (Phi) is 9.98. The lowest BCUT2D eigenvalue weighted by atomic mass is 9.88. The van der Waals surface area contributed by atoms with E-state index in [2.05, 4.69) is 10.3 Å². The zero-order valence-electron chi connectivity index (χ0n) is 14.4. The van der Waals surface area contributed by atoms with Crippen LogP contribution < -0.4 is 11.1 Å². The number of hydrogen-bond acceptors (Lipinski definition) is 4. The second-order valence-electron chi connectivity index (χ2n) is 6.13. The summed E-state index contributed by atoms with van der Waals surface area (Å²) in [5.41, 5.74) is 7.03. The van der Waals surface area contributed by atoms with E-state index in [1.165, 1.54) is 11.3 Å². The Morgan fingerprint density at radius 2 is 2.00 bits per heavy atom. The van der Waals surface area contributed by atoms with Crippen molar-refractivity contribution in [1.29, 1.82) is 0 Å². The molecule has 0 saturated heterocycles. The van der Waals surface area contributed by atoms with Gasteiger partial charge < -0.3 is 11.1 Å². The molecule has 0 saturated carbocycles. The number of thiazole rings is 1. The Balaban J connectivity index is 0.00000288. The second-order valence-corrected chi connectivity index (χ2v) is 7.39. The molecule has 1 heterocycles. The maximum atomic E-state index is 12.3. The summed E-state index contributed by atoms with van der Waals surface area (Å²) in [7, 11) is 0. The number of amides is 1. The van der Waals surface area contributed by atoms with E-state index < -0.39 is 5.54 Å². The maximum Gasteiger partial charge on any atom is 0.226 e. The third-order valence-corrected chi connectivity index (χ3v) is 5.37. The molecule has 25 heavy (non-hydrogen) atoms. The first kappa shape index (κ1) is 24.2. The van der Waals surface area contributed by atoms with Crippen molar-refractivity contribution in [2.75, 3.05) is 6.54 Å². The van der Waals surface area contributed by atoms with E-state index in [1.807, 2.05) is 50.4 Å². The Morgan fingerprint density at radius 1 is 1.36 bits per heavy atom. The van der Waals surface area contributed by atoms with Crippen LogP contribution in [-0.4, -0.2) is 23.0 Å². The van der Waals surface area contributed by atoms with Crippen LogP contribution in [0, 0.1) is 5.92 Å². The quantitative estimate of drug-likeness (QED) is 0.725. The molecular formula is C17H24Cl3N3OS. The number of carbonyl (C=O) groups is 1. The molecule has 0 aliphatic rings. The smallest absolute Gasteiger partial charge is 0.226 e. The molecule has 0 fully saturated rings. The van der Waals surface area contributed by atoms with E-state index in [4.69, 9.17) is 17.3 Å². The van der Waals surface area contributed by atoms with Crippen LogP contribution in [0.15, 0.2) is 29.6 Å². The summed E-state index contributed by atoms with van der Waals surface area (Å²) >= 11 is 7.68. The number of hydrogen-bond donors (Lipinski definition) is 2. The number of carbonyl (C=O) groups excluding carboxylic acids is 1. The lowest BCUT2D eigenvalue weighted by Crippen LogP contribution is -2.55. The molecule has 3 N–H and O–H groups in total. The normalized spacial score (nSPS) is 12.7. The molecule has 1 atom stereocenters. The molecule has 1 aromatic heterocycles. The van der Waals surface area contributed by atoms with Gasteiger partial charge in [0.2, 0.25) is 5.91 Å². The predicted molar refractivity (Wildman–Crippen MR) is 111 cm³/mol. The van der Waals surface area contributed by atoms with E-state index in [9.17, 15) is 4.79 Å². The standard InChI is InChI=1S/C17H22ClN3OS.2ClH/c1-11(2)17(3,10-19)21-15(22)8-12-9-23-16(20-12)13-6-4-5-7-14(13)18;;/h4-7,9,11H,8,10,19H2,1-3H3,(H,21,22);2*1H. The molecule has 1 amide bonds. The molecule has 1 aromatic carbocycles. The zero-order valence-corrected chi connectivity index (χ0v) is 17.6. The molecule has 140 valence electrons. The first-order chi connectivity index (χ1) is 10.9. The van der Waals surface area contributed by atoms with Gasteiger partial charge in [0, 0.05) is 17.5 Å². The summed E-state index contributed by atoms with van der Waals surface area (Å²) in [5.74, 6) is 0.188. The highest BCUT2D eigenvalue weighted by Gasteiger charge is 2.28. The molecule has 4 nitrogen and oxygen atoms in total. The zero-order chi connectivity index (χ0) is 17.0. The van der Waals surface area contributed by atoms with Gasteiger partial charge in [0.05, 0.1) is 22.7 Å². The third-order valence-electron chi connectivity index (χ3n) is 4.12. The van der Waals surface area contributed by atoms with Gasteiger partial charge in [-0.25, -0.2) is 4.98 Å². The second kappa shape index (κ2) is 10.3. The van der Waals surface area contributed by atoms with E-state index in [0.29, 0.717) is 11.6 Å². The van der Waals surface area contributed by atoms with E-state index in [1.54, 1.807) is 0 Å². The molecule has 0 bridgehead atoms. The van der Waals surface area contributed by atoms with Gasteiger partial charge in [-0.05, 0) is 18.9 Å². The average molecular weight is 425 g/mol. The fourth-order valence-corrected chi connectivity index (χ4v) is 3.24. The Morgan fingerprint density at radius 3 is 2.56 bits per heavy atom. The number of nitrogens with zero attached hydrogens (tertiary/aromatic N) is 1. The first-order valence-corrected chi connectivity index (χ1v) is 8.82. The molecule has 1 unspecified atom stereocenters. The van der Waals surface area contributed by atoms with Gasteiger partial charge in [-0.2, -0.15) is 0 Å². The Bertz CT molecular complexity index is 693. The van der Waals surface area contributed by atoms with E-state index >= 15 is 0 Å². The summed E-state index contributed by atoms with van der Waals surface area (Å²) in [6.45, 7) is 6.46. The molecule has 2 aromatic rings. The van der Waals surface area contributed by atoms with Crippen LogP contribution in [0.3, 0.4) is 0 Å². The van der Waals surface area contributed by atoms with Gasteiger partial charge in [0.15, 0.2) is 0 Å². The highest BCUT2D eigenvalue weighted by molar-refractivity contribution is 7.13. The molecule has 0 aliphatic carbocycles. The van der Waals surface area contributed by atoms with Crippen molar-refractivity contribution in [2.24, 2.45) is 11.7 Å². The fourth-order valence-electron chi connectivity index (χ4n) is 2.10. The van der Waals surface area contributed by atoms with Gasteiger partial charge in [0.1, 0.15) is 5.01 Å². The number of nitrogens with one attached hydrogen (secondary N) is 1. The van der Waals surface area contributed by atoms with Crippen molar-refractivity contribution in [1.82, 2.24) is 10.3 Å². The molecule has 0 radical (unpaired) electrons. The summed E-state index contributed by atoms with van der Waals surface area (Å²) in [6.07, 6.45) is 0.239. The van der Waals surface area contributed by atoms with Crippen LogP contribution in [0.25, 0.3) is 10.6 Å². The lowest BCUT2D eigenvalue weighted by molar-refractivity contribution is -0.122. The maximum absolute atomic E-state index is 12.3. The van der Waals surface area contributed by atoms with E-state index in [0.717, 1.165) is 16.3 Å². The van der Waals surface area contributed by atoms with Crippen LogP contribution in [0.5, 0.6) is 0 Å². The number of rotatable bonds is 6. The minimum Gasteiger partial charge on any atom is -0.349 e. The van der Waals surface area contributed by atoms with E-state index in [-0.39, 0.29) is 43.1 Å². The van der Waals surface area contributed by atoms with Crippen molar-refractivity contribution in [3.05, 3.63) is 40.4 Å². The van der Waals surface area contributed by atoms with Gasteiger partial charge in [-0.1, -0.05) is 43.6 Å². The Labute approximate surface area is 170 Å². The van der Waals surface area contributed by atoms with Crippen molar-refractivity contribution in [3.8, 4) is 10.6 Å². The third kappa shape index (κ3) is 6.12. The summed E-state index contributed by atoms with van der Waals surface area (Å²) in [4.78, 5) is 16.8. The van der Waals surface area contributed by atoms with Crippen LogP contribution in [0.1, 0.15) is 26.5 Å². The molecule has 8 heteroatoms. The minimum absolute atomic E-state index is 0. The van der Waals surface area contributed by atoms with Gasteiger partial charge in [-0.15, -0.1) is 36.2 Å². The van der Waals surface area contributed by atoms with Crippen molar-refractivity contribution in [3.63, 3.8) is 0 Å². The van der Waals surface area contributed by atoms with Crippen LogP contribution >= 0.6 is 47.8 Å². The Hall–Kier alpha value is -0.850. The molecular weight excluding hydrogens is 401 g/mol. The summed E-state index contributed by atoms with van der Waals surface area (Å²) in [5, 5.41) is 6.41. The average Bonchev–Trinajstić information content (AvgIpc) is 2.95. The lowest BCUT2D eigenvalue weighted by Gasteiger charge is -2.33. The monoisotopic (exact) mass is 423 g/mol. The van der Waals surface area contributed by atoms with Gasteiger partial charge >= 0.3 is 0 Å². The SMILES string of the molecule is CC(C)C(C)(CN)NC(=O)Cc1csc(-c2ccccc2Cl)n1.Cl.Cl. The minimum atomic E-state index is -0.404. The predicted octanol–water partition coefficient (Wildman–Crippen LogP) is 4.34. The van der Waals surface area contributed by atoms with Crippen LogP contribution in [-0.2, 0) is 11.2 Å². The van der Waals surface area contributed by atoms with Crippen molar-refractivity contribution in [2.45, 2.75) is 32.7 Å². The van der Waals surface area contributed by atoms with Gasteiger partial charge in [0.25, 0.3) is 0 Å². The largest absolute Gasteiger partial charge is 0.349 e. The topological polar surface area (TPSA) is 68.0 Å². The molecule has 0 aliphatic heterocycles. The van der Waals surface area contributed by atoms with Crippen molar-refractivity contribution < 1.29 is 4.79 Å². The van der Waals surface area contributed by atoms with Crippen LogP contribution in [0.4, 0.5) is 0 Å². The number of aromatic nitrogens is 1. The highest BCUT2D eigenvalue weighted by Crippen LogP contribution is 2.30. The summed E-state index contributed by atoms with van der Waals surface area (Å²) in [6, 6.07) is 7.56. The highest BCUT2D eigenvalue weighted by atomic mass is 35.5. The number of benzene rings is 1. The number of halogens is 3. The van der Waals surface area contributed by atoms with Crippen LogP contribution in [0.2, 0.25) is 5.02 Å².